The molecule has 4 aliphatic carbocycles. The van der Waals surface area contributed by atoms with Crippen LogP contribution < -0.4 is 0 Å². The van der Waals surface area contributed by atoms with Gasteiger partial charge in [0.15, 0.2) is 0 Å². The van der Waals surface area contributed by atoms with Gasteiger partial charge in [-0.15, -0.1) is 0 Å². The summed E-state index contributed by atoms with van der Waals surface area (Å²) in [5.41, 5.74) is 2.46. The summed E-state index contributed by atoms with van der Waals surface area (Å²) >= 11 is 0. The van der Waals surface area contributed by atoms with Crippen molar-refractivity contribution in [1.29, 1.82) is 0 Å². The van der Waals surface area contributed by atoms with Crippen LogP contribution in [0.3, 0.4) is 0 Å². The predicted molar refractivity (Wildman–Crippen MR) is 66.7 cm³/mol. The fourth-order valence-electron chi connectivity index (χ4n) is 5.06. The molecule has 88 valence electrons. The maximum Gasteiger partial charge on any atom is -0.0173 e. The van der Waals surface area contributed by atoms with Crippen molar-refractivity contribution in [3.63, 3.8) is 0 Å². The molecule has 0 nitrogen and oxygen atoms in total. The minimum Gasteiger partial charge on any atom is -0.0533 e. The first kappa shape index (κ1) is 9.97. The van der Waals surface area contributed by atoms with Crippen molar-refractivity contribution in [2.24, 2.45) is 16.2 Å². The second-order valence-corrected chi connectivity index (χ2v) is 7.01. The predicted octanol–water partition coefficient (Wildman–Crippen LogP) is 4.70. The molecule has 2 radical (unpaired) electrons. The van der Waals surface area contributed by atoms with Crippen LogP contribution in [-0.2, 0) is 0 Å². The summed E-state index contributed by atoms with van der Waals surface area (Å²) < 4.78 is 0. The Labute approximate surface area is 100 Å². The third kappa shape index (κ3) is 1.07. The van der Waals surface area contributed by atoms with E-state index in [-0.39, 0.29) is 0 Å². The van der Waals surface area contributed by atoms with Crippen molar-refractivity contribution in [1.82, 2.24) is 0 Å². The van der Waals surface area contributed by atoms with E-state index in [9.17, 15) is 0 Å². The van der Waals surface area contributed by atoms with Crippen molar-refractivity contribution in [2.45, 2.75) is 70.6 Å². The third-order valence-electron chi connectivity index (χ3n) is 6.37. The molecule has 0 aliphatic heterocycles. The largest absolute Gasteiger partial charge is 0.0533 e. The average molecular weight is 216 g/mol. The van der Waals surface area contributed by atoms with Crippen LogP contribution in [0.5, 0.6) is 0 Å². The smallest absolute Gasteiger partial charge is 0.0173 e. The molecule has 4 saturated carbocycles. The number of hydrogen-bond acceptors (Lipinski definition) is 0. The van der Waals surface area contributed by atoms with Crippen LogP contribution in [0.2, 0.25) is 0 Å². The van der Waals surface area contributed by atoms with Gasteiger partial charge in [-0.05, 0) is 80.0 Å². The fraction of sp³-hybridized carbons (Fsp3) is 0.875. The molecule has 0 spiro atoms. The van der Waals surface area contributed by atoms with Gasteiger partial charge in [-0.1, -0.05) is 19.8 Å². The van der Waals surface area contributed by atoms with Gasteiger partial charge in [-0.2, -0.15) is 0 Å². The molecule has 4 rings (SSSR count). The Morgan fingerprint density at radius 2 is 1.62 bits per heavy atom. The van der Waals surface area contributed by atoms with Crippen molar-refractivity contribution in [2.75, 3.05) is 0 Å². The Kier molecular flexibility index (Phi) is 1.79. The minimum absolute atomic E-state index is 0.810. The van der Waals surface area contributed by atoms with E-state index in [0.717, 1.165) is 22.7 Å². The van der Waals surface area contributed by atoms with Crippen LogP contribution in [0.1, 0.15) is 70.6 Å². The van der Waals surface area contributed by atoms with E-state index >= 15 is 0 Å². The van der Waals surface area contributed by atoms with Gasteiger partial charge in [0.2, 0.25) is 0 Å². The molecule has 0 saturated heterocycles. The zero-order chi connectivity index (χ0) is 10.9. The van der Waals surface area contributed by atoms with Gasteiger partial charge in [-0.25, -0.2) is 0 Å². The summed E-state index contributed by atoms with van der Waals surface area (Å²) in [5.74, 6) is 1.99. The monoisotopic (exact) mass is 216 g/mol. The lowest BCUT2D eigenvalue weighted by atomic mass is 9.68. The van der Waals surface area contributed by atoms with E-state index in [1.807, 2.05) is 5.92 Å². The Morgan fingerprint density at radius 1 is 0.938 bits per heavy atom. The van der Waals surface area contributed by atoms with Gasteiger partial charge >= 0.3 is 0 Å². The highest BCUT2D eigenvalue weighted by molar-refractivity contribution is 5.36. The van der Waals surface area contributed by atoms with E-state index in [0.29, 0.717) is 0 Å². The van der Waals surface area contributed by atoms with Gasteiger partial charge in [0.05, 0.1) is 0 Å². The highest BCUT2D eigenvalue weighted by Crippen LogP contribution is 2.88. The average Bonchev–Trinajstić information content (AvgIpc) is 3.10. The van der Waals surface area contributed by atoms with Gasteiger partial charge in [0.1, 0.15) is 0 Å². The van der Waals surface area contributed by atoms with E-state index in [2.05, 4.69) is 6.92 Å². The van der Waals surface area contributed by atoms with E-state index in [1.54, 1.807) is 38.5 Å². The second kappa shape index (κ2) is 2.87. The molecule has 0 aromatic carbocycles. The quantitative estimate of drug-likeness (QED) is 0.603. The Hall–Kier alpha value is 0. The van der Waals surface area contributed by atoms with Gasteiger partial charge < -0.3 is 0 Å². The third-order valence-corrected chi connectivity index (χ3v) is 6.37. The Balaban J connectivity index is 1.57. The van der Waals surface area contributed by atoms with Crippen molar-refractivity contribution in [3.8, 4) is 0 Å². The molecule has 0 bridgehead atoms. The van der Waals surface area contributed by atoms with Crippen LogP contribution in [0.25, 0.3) is 0 Å². The zero-order valence-corrected chi connectivity index (χ0v) is 10.5. The summed E-state index contributed by atoms with van der Waals surface area (Å²) in [6.45, 7) is 4.04. The lowest BCUT2D eigenvalue weighted by Gasteiger charge is -2.35. The lowest BCUT2D eigenvalue weighted by Crippen LogP contribution is -2.29. The molecule has 0 heteroatoms. The summed E-state index contributed by atoms with van der Waals surface area (Å²) in [5, 5.41) is 0. The Morgan fingerprint density at radius 3 is 2.00 bits per heavy atom. The SMILES string of the molecule is [CH2]CCCC1(C2(C3([C]4CC4)CC3)CC2)CC1. The van der Waals surface area contributed by atoms with Gasteiger partial charge in [0, 0.05) is 0 Å². The summed E-state index contributed by atoms with van der Waals surface area (Å²) in [4.78, 5) is 0. The number of unbranched alkanes of at least 4 members (excludes halogenated alkanes) is 1. The molecule has 16 heavy (non-hydrogen) atoms. The van der Waals surface area contributed by atoms with Crippen LogP contribution in [0.4, 0.5) is 0 Å². The topological polar surface area (TPSA) is 0 Å². The molecule has 0 aromatic heterocycles. The molecule has 4 fully saturated rings. The van der Waals surface area contributed by atoms with Crippen LogP contribution in [0.15, 0.2) is 0 Å². The van der Waals surface area contributed by atoms with E-state index < -0.39 is 0 Å². The molecule has 0 atom stereocenters. The molecular formula is C16H24. The number of hydrogen-bond donors (Lipinski definition) is 0. The summed E-state index contributed by atoms with van der Waals surface area (Å²) in [6.07, 6.45) is 16.4. The van der Waals surface area contributed by atoms with E-state index in [4.69, 9.17) is 0 Å². The van der Waals surface area contributed by atoms with Crippen molar-refractivity contribution < 1.29 is 0 Å². The molecule has 0 amide bonds. The van der Waals surface area contributed by atoms with Crippen LogP contribution >= 0.6 is 0 Å². The maximum atomic E-state index is 4.04. The first-order valence-corrected chi connectivity index (χ1v) is 7.43. The first-order chi connectivity index (χ1) is 7.79. The number of rotatable bonds is 6. The molecule has 4 aliphatic rings. The van der Waals surface area contributed by atoms with Gasteiger partial charge in [-0.3, -0.25) is 0 Å². The molecule has 0 N–H and O–H groups in total. The van der Waals surface area contributed by atoms with Crippen molar-refractivity contribution in [3.05, 3.63) is 12.8 Å². The highest BCUT2D eigenvalue weighted by Gasteiger charge is 2.78. The second-order valence-electron chi connectivity index (χ2n) is 7.01. The summed E-state index contributed by atoms with van der Waals surface area (Å²) in [6, 6.07) is 0. The van der Waals surface area contributed by atoms with Gasteiger partial charge in [0.25, 0.3) is 0 Å². The molecular weight excluding hydrogens is 192 g/mol. The van der Waals surface area contributed by atoms with Crippen molar-refractivity contribution >= 4 is 0 Å². The normalized spacial score (nSPS) is 35.8. The Bertz CT molecular complexity index is 298. The zero-order valence-electron chi connectivity index (χ0n) is 10.5. The lowest BCUT2D eigenvalue weighted by molar-refractivity contribution is 0.160. The van der Waals surface area contributed by atoms with Crippen LogP contribution in [0, 0.1) is 29.1 Å². The van der Waals surface area contributed by atoms with Crippen LogP contribution in [-0.4, -0.2) is 0 Å². The molecule has 0 aromatic rings. The molecule has 0 unspecified atom stereocenters. The first-order valence-electron chi connectivity index (χ1n) is 7.43. The standard InChI is InChI=1S/C16H24/c1-2-3-6-14(7-8-14)16(11-12-16)15(9-10-15)13-4-5-13/h1-12H2. The highest BCUT2D eigenvalue weighted by atomic mass is 14.8. The van der Waals surface area contributed by atoms with E-state index in [1.165, 1.54) is 25.7 Å². The maximum absolute atomic E-state index is 4.04. The summed E-state index contributed by atoms with van der Waals surface area (Å²) in [7, 11) is 0. The fourth-order valence-corrected chi connectivity index (χ4v) is 5.06. The minimum atomic E-state index is 0.810. The molecule has 0 heterocycles.